The highest BCUT2D eigenvalue weighted by molar-refractivity contribution is 9.11. The smallest absolute Gasteiger partial charge is 0.271 e. The molecule has 3 N–H and O–H groups in total. The van der Waals surface area contributed by atoms with E-state index < -0.39 is 15.8 Å². The summed E-state index contributed by atoms with van der Waals surface area (Å²) in [5, 5.41) is 0.295. The lowest BCUT2D eigenvalue weighted by atomic mass is 10.3. The van der Waals surface area contributed by atoms with Crippen LogP contribution in [0.4, 0.5) is 15.8 Å². The van der Waals surface area contributed by atoms with E-state index >= 15 is 0 Å². The van der Waals surface area contributed by atoms with Gasteiger partial charge in [-0.1, -0.05) is 11.6 Å². The van der Waals surface area contributed by atoms with E-state index in [-0.39, 0.29) is 15.6 Å². The molecule has 19 heavy (non-hydrogen) atoms. The third-order valence-corrected chi connectivity index (χ3v) is 6.39. The van der Waals surface area contributed by atoms with E-state index in [1.54, 1.807) is 0 Å². The van der Waals surface area contributed by atoms with Gasteiger partial charge >= 0.3 is 0 Å². The van der Waals surface area contributed by atoms with Gasteiger partial charge in [0.05, 0.1) is 14.5 Å². The second kappa shape index (κ2) is 5.28. The minimum Gasteiger partial charge on any atom is -0.399 e. The number of nitrogens with one attached hydrogen (secondary N) is 1. The molecule has 1 aromatic heterocycles. The maximum atomic E-state index is 13.1. The van der Waals surface area contributed by atoms with Crippen LogP contribution in [-0.4, -0.2) is 8.42 Å². The molecule has 0 bridgehead atoms. The normalized spacial score (nSPS) is 11.5. The van der Waals surface area contributed by atoms with Crippen molar-refractivity contribution in [2.24, 2.45) is 0 Å². The molecular formula is C10H7BrClFN2O2S2. The van der Waals surface area contributed by atoms with Gasteiger partial charge in [0.1, 0.15) is 10.0 Å². The third kappa shape index (κ3) is 3.38. The van der Waals surface area contributed by atoms with Gasteiger partial charge in [0.25, 0.3) is 10.0 Å². The van der Waals surface area contributed by atoms with Crippen molar-refractivity contribution >= 4 is 60.3 Å². The first kappa shape index (κ1) is 14.6. The van der Waals surface area contributed by atoms with Gasteiger partial charge in [-0.3, -0.25) is 4.72 Å². The highest BCUT2D eigenvalue weighted by Gasteiger charge is 2.19. The third-order valence-electron chi connectivity index (χ3n) is 2.06. The molecule has 0 amide bonds. The molecule has 1 heterocycles. The van der Waals surface area contributed by atoms with Gasteiger partial charge < -0.3 is 5.73 Å². The van der Waals surface area contributed by atoms with Crippen molar-refractivity contribution in [3.63, 3.8) is 0 Å². The first-order chi connectivity index (χ1) is 8.78. The molecule has 0 saturated carbocycles. The Kier molecular flexibility index (Phi) is 4.05. The highest BCUT2D eigenvalue weighted by atomic mass is 79.9. The lowest BCUT2D eigenvalue weighted by Gasteiger charge is -2.07. The van der Waals surface area contributed by atoms with Crippen LogP contribution in [0.3, 0.4) is 0 Å². The second-order valence-electron chi connectivity index (χ2n) is 3.57. The largest absolute Gasteiger partial charge is 0.399 e. The molecule has 0 fully saturated rings. The maximum absolute atomic E-state index is 13.1. The molecule has 4 nitrogen and oxygen atoms in total. The molecule has 0 aliphatic carbocycles. The van der Waals surface area contributed by atoms with Gasteiger partial charge in [0.15, 0.2) is 0 Å². The van der Waals surface area contributed by atoms with Crippen LogP contribution in [0.2, 0.25) is 5.02 Å². The minimum atomic E-state index is -3.82. The average Bonchev–Trinajstić information content (AvgIpc) is 2.57. The van der Waals surface area contributed by atoms with E-state index in [0.717, 1.165) is 23.5 Å². The Bertz CT molecular complexity index is 693. The van der Waals surface area contributed by atoms with Gasteiger partial charge in [-0.25, -0.2) is 12.8 Å². The molecule has 0 saturated heterocycles. The van der Waals surface area contributed by atoms with Crippen LogP contribution in [0.1, 0.15) is 0 Å². The molecular weight excluding hydrogens is 379 g/mol. The van der Waals surface area contributed by atoms with Crippen molar-refractivity contribution in [3.05, 3.63) is 38.9 Å². The summed E-state index contributed by atoms with van der Waals surface area (Å²) in [6, 6.07) is 4.76. The zero-order valence-corrected chi connectivity index (χ0v) is 13.1. The van der Waals surface area contributed by atoms with E-state index in [9.17, 15) is 12.8 Å². The summed E-state index contributed by atoms with van der Waals surface area (Å²) in [5.74, 6) is -0.622. The Balaban J connectivity index is 2.36. The van der Waals surface area contributed by atoms with Crippen LogP contribution in [0.25, 0.3) is 0 Å². The lowest BCUT2D eigenvalue weighted by Crippen LogP contribution is -2.11. The Morgan fingerprint density at radius 3 is 2.53 bits per heavy atom. The Labute approximate surface area is 126 Å². The predicted octanol–water partition coefficient (Wildman–Crippen LogP) is 3.69. The van der Waals surface area contributed by atoms with Gasteiger partial charge in [-0.15, -0.1) is 11.3 Å². The zero-order chi connectivity index (χ0) is 14.2. The number of rotatable bonds is 3. The van der Waals surface area contributed by atoms with E-state index in [1.165, 1.54) is 12.1 Å². The summed E-state index contributed by atoms with van der Waals surface area (Å²) in [7, 11) is -3.82. The predicted molar refractivity (Wildman–Crippen MR) is 78.6 cm³/mol. The van der Waals surface area contributed by atoms with Crippen LogP contribution in [0.5, 0.6) is 0 Å². The molecule has 0 aliphatic heterocycles. The monoisotopic (exact) mass is 384 g/mol. The molecule has 2 rings (SSSR count). The molecule has 9 heteroatoms. The Morgan fingerprint density at radius 1 is 1.32 bits per heavy atom. The molecule has 2 aromatic rings. The Morgan fingerprint density at radius 2 is 2.00 bits per heavy atom. The maximum Gasteiger partial charge on any atom is 0.271 e. The number of thiophene rings is 1. The fourth-order valence-corrected chi connectivity index (χ4v) is 4.77. The average molecular weight is 386 g/mol. The molecule has 1 aromatic carbocycles. The van der Waals surface area contributed by atoms with Crippen LogP contribution >= 0.6 is 38.9 Å². The van der Waals surface area contributed by atoms with Crippen molar-refractivity contribution in [1.82, 2.24) is 0 Å². The lowest BCUT2D eigenvalue weighted by molar-refractivity contribution is 0.603. The standard InChI is InChI=1S/C10H7BrClFN2O2S2/c11-10-8(12)4-9(18-10)19(16,17)15-7-2-5(13)1-6(14)3-7/h1-4,15H,14H2. The van der Waals surface area contributed by atoms with Gasteiger partial charge in [0, 0.05) is 5.69 Å². The quantitative estimate of drug-likeness (QED) is 0.792. The van der Waals surface area contributed by atoms with Crippen molar-refractivity contribution in [2.45, 2.75) is 4.21 Å². The van der Waals surface area contributed by atoms with Crippen molar-refractivity contribution < 1.29 is 12.8 Å². The van der Waals surface area contributed by atoms with Crippen molar-refractivity contribution in [1.29, 1.82) is 0 Å². The van der Waals surface area contributed by atoms with E-state index in [2.05, 4.69) is 20.7 Å². The SMILES string of the molecule is Nc1cc(F)cc(NS(=O)(=O)c2cc(Cl)c(Br)s2)c1. The van der Waals surface area contributed by atoms with E-state index in [1.807, 2.05) is 0 Å². The second-order valence-corrected chi connectivity index (χ2v) is 8.25. The summed E-state index contributed by atoms with van der Waals surface area (Å²) in [5.41, 5.74) is 5.63. The van der Waals surface area contributed by atoms with Crippen LogP contribution in [0, 0.1) is 5.82 Å². The fourth-order valence-electron chi connectivity index (χ4n) is 1.34. The Hall–Kier alpha value is -0.830. The molecule has 102 valence electrons. The summed E-state index contributed by atoms with van der Waals surface area (Å²) in [6.45, 7) is 0. The molecule has 0 unspecified atom stereocenters. The molecule has 0 spiro atoms. The van der Waals surface area contributed by atoms with Crippen LogP contribution in [0.15, 0.2) is 32.3 Å². The number of hydrogen-bond donors (Lipinski definition) is 2. The topological polar surface area (TPSA) is 72.2 Å². The molecule has 0 atom stereocenters. The minimum absolute atomic E-state index is 0.0206. The number of anilines is 2. The summed E-state index contributed by atoms with van der Waals surface area (Å²) < 4.78 is 40.0. The molecule has 0 aliphatic rings. The van der Waals surface area contributed by atoms with Gasteiger partial charge in [0.2, 0.25) is 0 Å². The summed E-state index contributed by atoms with van der Waals surface area (Å²) >= 11 is 9.87. The number of nitrogens with two attached hydrogens (primary N) is 1. The number of hydrogen-bond acceptors (Lipinski definition) is 4. The summed E-state index contributed by atoms with van der Waals surface area (Å²) in [6.07, 6.45) is 0. The first-order valence-electron chi connectivity index (χ1n) is 4.81. The van der Waals surface area contributed by atoms with Crippen molar-refractivity contribution in [3.8, 4) is 0 Å². The number of halogens is 3. The first-order valence-corrected chi connectivity index (χ1v) is 8.29. The number of benzene rings is 1. The van der Waals surface area contributed by atoms with Crippen LogP contribution in [-0.2, 0) is 10.0 Å². The van der Waals surface area contributed by atoms with E-state index in [4.69, 9.17) is 17.3 Å². The highest BCUT2D eigenvalue weighted by Crippen LogP contribution is 2.35. The van der Waals surface area contributed by atoms with Crippen molar-refractivity contribution in [2.75, 3.05) is 10.5 Å². The fraction of sp³-hybridized carbons (Fsp3) is 0. The van der Waals surface area contributed by atoms with Gasteiger partial charge in [-0.05, 0) is 40.2 Å². The van der Waals surface area contributed by atoms with E-state index in [0.29, 0.717) is 8.81 Å². The molecule has 0 radical (unpaired) electrons. The summed E-state index contributed by atoms with van der Waals surface area (Å²) in [4.78, 5) is 0. The van der Waals surface area contributed by atoms with Gasteiger partial charge in [-0.2, -0.15) is 0 Å². The number of sulfonamides is 1. The van der Waals surface area contributed by atoms with Crippen LogP contribution < -0.4 is 10.5 Å². The number of nitrogen functional groups attached to an aromatic ring is 1. The zero-order valence-electron chi connectivity index (χ0n) is 9.15.